The highest BCUT2D eigenvalue weighted by molar-refractivity contribution is 5.04. The van der Waals surface area contributed by atoms with E-state index in [1.54, 1.807) is 0 Å². The first-order chi connectivity index (χ1) is 7.40. The van der Waals surface area contributed by atoms with E-state index in [1.165, 1.54) is 12.1 Å². The third-order valence-corrected chi connectivity index (χ3v) is 3.93. The molecule has 1 aliphatic rings. The van der Waals surface area contributed by atoms with Gasteiger partial charge in [0, 0.05) is 24.5 Å². The number of rotatable bonds is 3. The maximum Gasteiger partial charge on any atom is 0.0492 e. The minimum atomic E-state index is 0.0494. The van der Waals surface area contributed by atoms with Crippen LogP contribution in [-0.2, 0) is 13.5 Å². The van der Waals surface area contributed by atoms with Crippen molar-refractivity contribution < 1.29 is 0 Å². The molecule has 1 unspecified atom stereocenters. The van der Waals surface area contributed by atoms with Gasteiger partial charge in [-0.05, 0) is 43.6 Å². The average molecular weight is 221 g/mol. The number of nitrogens with zero attached hydrogens (tertiary/aromatic N) is 2. The standard InChI is InChI=1S/C13H23N3/c1-12(2)7-8-13(14,10-12)6-4-11-5-9-15-16(11)3/h5,9H,4,6-8,10,14H2,1-3H3. The van der Waals surface area contributed by atoms with Gasteiger partial charge in [0.05, 0.1) is 0 Å². The molecule has 1 aromatic heterocycles. The van der Waals surface area contributed by atoms with Gasteiger partial charge >= 0.3 is 0 Å². The zero-order chi connectivity index (χ0) is 11.8. The highest BCUT2D eigenvalue weighted by Crippen LogP contribution is 2.44. The molecule has 16 heavy (non-hydrogen) atoms. The average Bonchev–Trinajstić information content (AvgIpc) is 2.69. The van der Waals surface area contributed by atoms with Gasteiger partial charge in [-0.1, -0.05) is 13.8 Å². The van der Waals surface area contributed by atoms with E-state index < -0.39 is 0 Å². The summed E-state index contributed by atoms with van der Waals surface area (Å²) in [5.41, 5.74) is 8.24. The van der Waals surface area contributed by atoms with Gasteiger partial charge in [-0.25, -0.2) is 0 Å². The Bertz CT molecular complexity index is 367. The van der Waals surface area contributed by atoms with Crippen LogP contribution >= 0.6 is 0 Å². The van der Waals surface area contributed by atoms with Crippen LogP contribution in [0.25, 0.3) is 0 Å². The first kappa shape index (κ1) is 11.6. The molecule has 1 aromatic rings. The predicted octanol–water partition coefficient (Wildman–Crippen LogP) is 2.26. The van der Waals surface area contributed by atoms with Gasteiger partial charge in [0.2, 0.25) is 0 Å². The number of hydrogen-bond donors (Lipinski definition) is 1. The van der Waals surface area contributed by atoms with E-state index >= 15 is 0 Å². The number of aromatic nitrogens is 2. The Hall–Kier alpha value is -0.830. The summed E-state index contributed by atoms with van der Waals surface area (Å²) >= 11 is 0. The lowest BCUT2D eigenvalue weighted by atomic mass is 9.85. The lowest BCUT2D eigenvalue weighted by molar-refractivity contribution is 0.322. The van der Waals surface area contributed by atoms with Crippen LogP contribution in [0.5, 0.6) is 0 Å². The summed E-state index contributed by atoms with van der Waals surface area (Å²) in [6, 6.07) is 2.09. The second-order valence-electron chi connectivity index (χ2n) is 6.15. The van der Waals surface area contributed by atoms with Crippen LogP contribution in [0.2, 0.25) is 0 Å². The van der Waals surface area contributed by atoms with Crippen LogP contribution in [0, 0.1) is 5.41 Å². The molecule has 0 bridgehead atoms. The summed E-state index contributed by atoms with van der Waals surface area (Å²) in [4.78, 5) is 0. The summed E-state index contributed by atoms with van der Waals surface area (Å²) in [7, 11) is 2.00. The molecular formula is C13H23N3. The maximum absolute atomic E-state index is 6.47. The van der Waals surface area contributed by atoms with Gasteiger partial charge in [-0.2, -0.15) is 5.10 Å². The molecule has 1 fully saturated rings. The quantitative estimate of drug-likeness (QED) is 0.851. The molecule has 1 aliphatic carbocycles. The minimum Gasteiger partial charge on any atom is -0.325 e. The molecule has 0 aliphatic heterocycles. The van der Waals surface area contributed by atoms with Gasteiger partial charge in [0.25, 0.3) is 0 Å². The maximum atomic E-state index is 6.47. The van der Waals surface area contributed by atoms with Crippen molar-refractivity contribution in [1.29, 1.82) is 0 Å². The van der Waals surface area contributed by atoms with Crippen LogP contribution in [0.3, 0.4) is 0 Å². The topological polar surface area (TPSA) is 43.8 Å². The van der Waals surface area contributed by atoms with Crippen molar-refractivity contribution in [3.63, 3.8) is 0 Å². The van der Waals surface area contributed by atoms with Crippen molar-refractivity contribution in [2.75, 3.05) is 0 Å². The Morgan fingerprint density at radius 1 is 1.44 bits per heavy atom. The summed E-state index contributed by atoms with van der Waals surface area (Å²) in [6.45, 7) is 4.65. The van der Waals surface area contributed by atoms with Gasteiger partial charge in [0.15, 0.2) is 0 Å². The van der Waals surface area contributed by atoms with Crippen LogP contribution in [0.1, 0.15) is 45.2 Å². The van der Waals surface area contributed by atoms with Gasteiger partial charge < -0.3 is 5.73 Å². The molecule has 2 rings (SSSR count). The fraction of sp³-hybridized carbons (Fsp3) is 0.769. The SMILES string of the molecule is Cn1nccc1CCC1(N)CCC(C)(C)C1. The largest absolute Gasteiger partial charge is 0.325 e. The Kier molecular flexibility index (Phi) is 2.82. The van der Waals surface area contributed by atoms with Gasteiger partial charge in [-0.3, -0.25) is 4.68 Å². The summed E-state index contributed by atoms with van der Waals surface area (Å²) in [5, 5.41) is 4.19. The molecule has 0 amide bonds. The van der Waals surface area contributed by atoms with E-state index in [9.17, 15) is 0 Å². The first-order valence-electron chi connectivity index (χ1n) is 6.16. The van der Waals surface area contributed by atoms with E-state index in [1.807, 2.05) is 17.9 Å². The van der Waals surface area contributed by atoms with E-state index in [-0.39, 0.29) is 5.54 Å². The second kappa shape index (κ2) is 3.88. The summed E-state index contributed by atoms with van der Waals surface area (Å²) in [6.07, 6.45) is 7.56. The van der Waals surface area contributed by atoms with Crippen LogP contribution in [-0.4, -0.2) is 15.3 Å². The minimum absolute atomic E-state index is 0.0494. The van der Waals surface area contributed by atoms with Crippen molar-refractivity contribution in [3.05, 3.63) is 18.0 Å². The van der Waals surface area contributed by atoms with Crippen molar-refractivity contribution in [2.24, 2.45) is 18.2 Å². The zero-order valence-corrected chi connectivity index (χ0v) is 10.7. The van der Waals surface area contributed by atoms with E-state index in [2.05, 4.69) is 25.0 Å². The summed E-state index contributed by atoms with van der Waals surface area (Å²) in [5.74, 6) is 0. The molecule has 3 heteroatoms. The molecule has 3 nitrogen and oxygen atoms in total. The van der Waals surface area contributed by atoms with Crippen LogP contribution in [0.4, 0.5) is 0 Å². The molecule has 90 valence electrons. The van der Waals surface area contributed by atoms with Crippen molar-refractivity contribution in [3.8, 4) is 0 Å². The third-order valence-electron chi connectivity index (χ3n) is 3.93. The lowest BCUT2D eigenvalue weighted by Gasteiger charge is -2.26. The highest BCUT2D eigenvalue weighted by Gasteiger charge is 2.39. The van der Waals surface area contributed by atoms with Crippen LogP contribution < -0.4 is 5.73 Å². The number of aryl methyl sites for hydroxylation is 2. The first-order valence-corrected chi connectivity index (χ1v) is 6.16. The lowest BCUT2D eigenvalue weighted by Crippen LogP contribution is -2.38. The number of hydrogen-bond acceptors (Lipinski definition) is 2. The fourth-order valence-electron chi connectivity index (χ4n) is 2.95. The Morgan fingerprint density at radius 3 is 2.69 bits per heavy atom. The molecule has 0 radical (unpaired) electrons. The van der Waals surface area contributed by atoms with Gasteiger partial charge in [0.1, 0.15) is 0 Å². The predicted molar refractivity (Wildman–Crippen MR) is 66.1 cm³/mol. The number of nitrogens with two attached hydrogens (primary N) is 1. The molecular weight excluding hydrogens is 198 g/mol. The molecule has 0 aromatic carbocycles. The Morgan fingerprint density at radius 2 is 2.19 bits per heavy atom. The highest BCUT2D eigenvalue weighted by atomic mass is 15.2. The van der Waals surface area contributed by atoms with Crippen molar-refractivity contribution in [2.45, 2.75) is 51.5 Å². The Balaban J connectivity index is 1.94. The van der Waals surface area contributed by atoms with E-state index in [0.717, 1.165) is 25.7 Å². The normalized spacial score (nSPS) is 28.5. The molecule has 2 N–H and O–H groups in total. The smallest absolute Gasteiger partial charge is 0.0492 e. The molecule has 1 atom stereocenters. The fourth-order valence-corrected chi connectivity index (χ4v) is 2.95. The van der Waals surface area contributed by atoms with E-state index in [0.29, 0.717) is 5.41 Å². The monoisotopic (exact) mass is 221 g/mol. The van der Waals surface area contributed by atoms with Gasteiger partial charge in [-0.15, -0.1) is 0 Å². The molecule has 0 spiro atoms. The molecule has 1 heterocycles. The van der Waals surface area contributed by atoms with Crippen LogP contribution in [0.15, 0.2) is 12.3 Å². The summed E-state index contributed by atoms with van der Waals surface area (Å²) < 4.78 is 1.95. The van der Waals surface area contributed by atoms with Crippen molar-refractivity contribution >= 4 is 0 Å². The third kappa shape index (κ3) is 2.46. The molecule has 1 saturated carbocycles. The molecule has 0 saturated heterocycles. The van der Waals surface area contributed by atoms with E-state index in [4.69, 9.17) is 5.73 Å². The zero-order valence-electron chi connectivity index (χ0n) is 10.7. The Labute approximate surface area is 98.0 Å². The van der Waals surface area contributed by atoms with Crippen molar-refractivity contribution in [1.82, 2.24) is 9.78 Å². The second-order valence-corrected chi connectivity index (χ2v) is 6.15.